The fraction of sp³-hybridized carbons (Fsp3) is 0. The van der Waals surface area contributed by atoms with Crippen molar-refractivity contribution in [2.45, 2.75) is 0 Å². The molecular weight excluding hydrogens is 250 g/mol. The van der Waals surface area contributed by atoms with Crippen LogP contribution >= 0.6 is 17.0 Å². The van der Waals surface area contributed by atoms with Crippen LogP contribution in [0.3, 0.4) is 0 Å². The summed E-state index contributed by atoms with van der Waals surface area (Å²) < 4.78 is 0. The van der Waals surface area contributed by atoms with Gasteiger partial charge in [-0.1, -0.05) is 42.5 Å². The van der Waals surface area contributed by atoms with E-state index >= 15 is 0 Å². The highest BCUT2D eigenvalue weighted by Crippen LogP contribution is 2.06. The SMILES string of the molecule is Br.C(=Cc1ccncc1)c1ccccc1. The van der Waals surface area contributed by atoms with Crippen molar-refractivity contribution in [1.82, 2.24) is 4.98 Å². The van der Waals surface area contributed by atoms with Crippen LogP contribution in [0.1, 0.15) is 11.1 Å². The molecule has 2 aromatic rings. The maximum absolute atomic E-state index is 3.97. The number of hydrogen-bond acceptors (Lipinski definition) is 1. The van der Waals surface area contributed by atoms with Crippen molar-refractivity contribution in [2.75, 3.05) is 0 Å². The molecule has 0 atom stereocenters. The molecule has 76 valence electrons. The Kier molecular flexibility index (Phi) is 4.78. The van der Waals surface area contributed by atoms with Crippen LogP contribution in [0.15, 0.2) is 54.9 Å². The third kappa shape index (κ3) is 3.68. The van der Waals surface area contributed by atoms with Crippen molar-refractivity contribution >= 4 is 29.1 Å². The van der Waals surface area contributed by atoms with Crippen LogP contribution in [0, 0.1) is 0 Å². The number of nitrogens with zero attached hydrogens (tertiary/aromatic N) is 1. The van der Waals surface area contributed by atoms with E-state index in [0.29, 0.717) is 0 Å². The molecule has 2 rings (SSSR count). The van der Waals surface area contributed by atoms with Gasteiger partial charge >= 0.3 is 0 Å². The van der Waals surface area contributed by atoms with E-state index in [1.54, 1.807) is 12.4 Å². The van der Waals surface area contributed by atoms with Crippen molar-refractivity contribution in [1.29, 1.82) is 0 Å². The lowest BCUT2D eigenvalue weighted by Crippen LogP contribution is -1.73. The van der Waals surface area contributed by atoms with Gasteiger partial charge in [-0.15, -0.1) is 17.0 Å². The molecule has 0 spiro atoms. The van der Waals surface area contributed by atoms with Gasteiger partial charge in [0.25, 0.3) is 0 Å². The van der Waals surface area contributed by atoms with Crippen molar-refractivity contribution in [3.05, 3.63) is 66.0 Å². The van der Waals surface area contributed by atoms with Crippen LogP contribution in [0.25, 0.3) is 12.2 Å². The van der Waals surface area contributed by atoms with E-state index in [0.717, 1.165) is 0 Å². The van der Waals surface area contributed by atoms with Gasteiger partial charge in [-0.3, -0.25) is 4.98 Å². The summed E-state index contributed by atoms with van der Waals surface area (Å²) in [6, 6.07) is 14.2. The van der Waals surface area contributed by atoms with Crippen LogP contribution in [0.4, 0.5) is 0 Å². The number of hydrogen-bond donors (Lipinski definition) is 0. The molecule has 0 aliphatic heterocycles. The monoisotopic (exact) mass is 261 g/mol. The molecule has 1 heterocycles. The van der Waals surface area contributed by atoms with Crippen LogP contribution in [0.2, 0.25) is 0 Å². The molecule has 0 amide bonds. The first-order valence-corrected chi connectivity index (χ1v) is 4.58. The predicted molar refractivity (Wildman–Crippen MR) is 69.9 cm³/mol. The van der Waals surface area contributed by atoms with Crippen molar-refractivity contribution < 1.29 is 0 Å². The Balaban J connectivity index is 0.00000112. The smallest absolute Gasteiger partial charge is 0.0273 e. The second-order valence-corrected chi connectivity index (χ2v) is 3.02. The van der Waals surface area contributed by atoms with Crippen molar-refractivity contribution in [3.63, 3.8) is 0 Å². The maximum atomic E-state index is 3.97. The van der Waals surface area contributed by atoms with Gasteiger partial charge in [-0.05, 0) is 23.3 Å². The Bertz CT molecular complexity index is 368. The normalized spacial score (nSPS) is 9.87. The molecule has 0 aliphatic carbocycles. The lowest BCUT2D eigenvalue weighted by Gasteiger charge is -1.92. The molecule has 2 heteroatoms. The largest absolute Gasteiger partial charge is 0.265 e. The number of aromatic nitrogens is 1. The molecule has 1 aromatic carbocycles. The zero-order chi connectivity index (χ0) is 9.64. The first kappa shape index (κ1) is 11.7. The average Bonchev–Trinajstić information content (AvgIpc) is 2.29. The summed E-state index contributed by atoms with van der Waals surface area (Å²) in [5.41, 5.74) is 2.38. The summed E-state index contributed by atoms with van der Waals surface area (Å²) in [5.74, 6) is 0. The Morgan fingerprint density at radius 3 is 1.87 bits per heavy atom. The van der Waals surface area contributed by atoms with Crippen LogP contribution in [-0.2, 0) is 0 Å². The van der Waals surface area contributed by atoms with Crippen LogP contribution < -0.4 is 0 Å². The molecule has 0 bridgehead atoms. The van der Waals surface area contributed by atoms with Gasteiger partial charge in [0, 0.05) is 12.4 Å². The third-order valence-corrected chi connectivity index (χ3v) is 1.97. The lowest BCUT2D eigenvalue weighted by atomic mass is 10.2. The summed E-state index contributed by atoms with van der Waals surface area (Å²) >= 11 is 0. The van der Waals surface area contributed by atoms with E-state index in [9.17, 15) is 0 Å². The van der Waals surface area contributed by atoms with Gasteiger partial charge < -0.3 is 0 Å². The minimum Gasteiger partial charge on any atom is -0.265 e. The third-order valence-electron chi connectivity index (χ3n) is 1.97. The second-order valence-electron chi connectivity index (χ2n) is 3.02. The second kappa shape index (κ2) is 6.14. The molecule has 0 aliphatic rings. The Hall–Kier alpha value is -1.41. The summed E-state index contributed by atoms with van der Waals surface area (Å²) in [6.45, 7) is 0. The zero-order valence-corrected chi connectivity index (χ0v) is 9.92. The number of halogens is 1. The number of pyridine rings is 1. The Morgan fingerprint density at radius 2 is 1.27 bits per heavy atom. The van der Waals surface area contributed by atoms with Gasteiger partial charge in [0.1, 0.15) is 0 Å². The molecule has 0 unspecified atom stereocenters. The maximum Gasteiger partial charge on any atom is 0.0273 e. The molecule has 1 nitrogen and oxygen atoms in total. The fourth-order valence-electron chi connectivity index (χ4n) is 1.23. The summed E-state index contributed by atoms with van der Waals surface area (Å²) in [5, 5.41) is 0. The van der Waals surface area contributed by atoms with E-state index in [4.69, 9.17) is 0 Å². The Morgan fingerprint density at radius 1 is 0.733 bits per heavy atom. The minimum absolute atomic E-state index is 0. The van der Waals surface area contributed by atoms with E-state index < -0.39 is 0 Å². The number of rotatable bonds is 2. The highest BCUT2D eigenvalue weighted by Gasteiger charge is 1.84. The quantitative estimate of drug-likeness (QED) is 0.801. The standard InChI is InChI=1S/C13H11N.BrH/c1-2-4-12(5-3-1)6-7-13-8-10-14-11-9-13;/h1-11H;1H. The number of benzene rings is 1. The molecule has 1 aromatic heterocycles. The zero-order valence-electron chi connectivity index (χ0n) is 8.21. The highest BCUT2D eigenvalue weighted by molar-refractivity contribution is 8.93. The Labute approximate surface area is 100 Å². The van der Waals surface area contributed by atoms with Gasteiger partial charge in [0.15, 0.2) is 0 Å². The van der Waals surface area contributed by atoms with E-state index in [2.05, 4.69) is 29.3 Å². The van der Waals surface area contributed by atoms with E-state index in [1.165, 1.54) is 11.1 Å². The van der Waals surface area contributed by atoms with Gasteiger partial charge in [0.05, 0.1) is 0 Å². The van der Waals surface area contributed by atoms with E-state index in [-0.39, 0.29) is 17.0 Å². The molecule has 0 saturated heterocycles. The highest BCUT2D eigenvalue weighted by atomic mass is 79.9. The molecule has 0 fully saturated rings. The van der Waals surface area contributed by atoms with Crippen LogP contribution in [0.5, 0.6) is 0 Å². The van der Waals surface area contributed by atoms with E-state index in [1.807, 2.05) is 30.3 Å². The van der Waals surface area contributed by atoms with Gasteiger partial charge in [-0.2, -0.15) is 0 Å². The molecular formula is C13H12BrN. The lowest BCUT2D eigenvalue weighted by molar-refractivity contribution is 1.32. The summed E-state index contributed by atoms with van der Waals surface area (Å²) in [4.78, 5) is 3.97. The minimum atomic E-state index is 0. The molecule has 0 radical (unpaired) electrons. The summed E-state index contributed by atoms with van der Waals surface area (Å²) in [7, 11) is 0. The van der Waals surface area contributed by atoms with Gasteiger partial charge in [0.2, 0.25) is 0 Å². The summed E-state index contributed by atoms with van der Waals surface area (Å²) in [6.07, 6.45) is 7.77. The molecule has 0 saturated carbocycles. The average molecular weight is 262 g/mol. The van der Waals surface area contributed by atoms with Crippen molar-refractivity contribution in [3.8, 4) is 0 Å². The van der Waals surface area contributed by atoms with Gasteiger partial charge in [-0.25, -0.2) is 0 Å². The fourth-order valence-corrected chi connectivity index (χ4v) is 1.23. The molecule has 15 heavy (non-hydrogen) atoms. The first-order chi connectivity index (χ1) is 6.95. The first-order valence-electron chi connectivity index (χ1n) is 4.58. The van der Waals surface area contributed by atoms with Crippen molar-refractivity contribution in [2.24, 2.45) is 0 Å². The van der Waals surface area contributed by atoms with Crippen LogP contribution in [-0.4, -0.2) is 4.98 Å². The predicted octanol–water partition coefficient (Wildman–Crippen LogP) is 3.83. The molecule has 0 N–H and O–H groups in total. The topological polar surface area (TPSA) is 12.9 Å².